The highest BCUT2D eigenvalue weighted by molar-refractivity contribution is 6.06. The number of rotatable bonds is 2. The van der Waals surface area contributed by atoms with E-state index >= 15 is 0 Å². The number of carboxylic acid groups (broad SMARTS) is 1. The summed E-state index contributed by atoms with van der Waals surface area (Å²) in [6.45, 7) is 3.02. The standard InChI is InChI=1S/C12H14N2O4/c1-6(12(16)17)14-10-8(13)4-3-5-9(10)18-7(2)11(14)15/h3-7H,13H2,1-2H3,(H,16,17). The third-order valence-corrected chi connectivity index (χ3v) is 2.90. The van der Waals surface area contributed by atoms with E-state index in [4.69, 9.17) is 15.6 Å². The monoisotopic (exact) mass is 250 g/mol. The van der Waals surface area contributed by atoms with Crippen molar-refractivity contribution in [2.75, 3.05) is 10.6 Å². The molecule has 6 heteroatoms. The molecular formula is C12H14N2O4. The molecule has 2 unspecified atom stereocenters. The third-order valence-electron chi connectivity index (χ3n) is 2.90. The predicted octanol–water partition coefficient (Wildman–Crippen LogP) is 0.856. The van der Waals surface area contributed by atoms with Gasteiger partial charge in [-0.2, -0.15) is 0 Å². The van der Waals surface area contributed by atoms with Crippen LogP contribution in [0.1, 0.15) is 13.8 Å². The van der Waals surface area contributed by atoms with Gasteiger partial charge in [-0.15, -0.1) is 0 Å². The number of fused-ring (bicyclic) bond motifs is 1. The fourth-order valence-electron chi connectivity index (χ4n) is 1.93. The predicted molar refractivity (Wildman–Crippen MR) is 65.5 cm³/mol. The van der Waals surface area contributed by atoms with Gasteiger partial charge in [-0.25, -0.2) is 4.79 Å². The molecule has 0 bridgehead atoms. The molecule has 1 aromatic rings. The summed E-state index contributed by atoms with van der Waals surface area (Å²) in [5, 5.41) is 9.08. The number of benzene rings is 1. The van der Waals surface area contributed by atoms with Crippen LogP contribution < -0.4 is 15.4 Å². The van der Waals surface area contributed by atoms with Crippen LogP contribution in [0.4, 0.5) is 11.4 Å². The van der Waals surface area contributed by atoms with E-state index in [0.717, 1.165) is 0 Å². The van der Waals surface area contributed by atoms with Crippen LogP contribution in [-0.4, -0.2) is 29.1 Å². The molecule has 96 valence electrons. The first kappa shape index (κ1) is 12.2. The van der Waals surface area contributed by atoms with Crippen LogP contribution in [0.5, 0.6) is 5.75 Å². The van der Waals surface area contributed by atoms with Crippen molar-refractivity contribution in [3.63, 3.8) is 0 Å². The van der Waals surface area contributed by atoms with Crippen LogP contribution in [-0.2, 0) is 9.59 Å². The summed E-state index contributed by atoms with van der Waals surface area (Å²) < 4.78 is 5.42. The van der Waals surface area contributed by atoms with Gasteiger partial charge in [0.05, 0.1) is 5.69 Å². The van der Waals surface area contributed by atoms with Gasteiger partial charge in [0, 0.05) is 0 Å². The largest absolute Gasteiger partial charge is 0.480 e. The van der Waals surface area contributed by atoms with Crippen LogP contribution in [0, 0.1) is 0 Å². The van der Waals surface area contributed by atoms with Gasteiger partial charge in [0.25, 0.3) is 5.91 Å². The Kier molecular flexibility index (Phi) is 2.86. The summed E-state index contributed by atoms with van der Waals surface area (Å²) in [6.07, 6.45) is -0.721. The summed E-state index contributed by atoms with van der Waals surface area (Å²) in [5.74, 6) is -1.07. The molecule has 3 N–H and O–H groups in total. The number of nitrogens with two attached hydrogens (primary N) is 1. The molecule has 1 amide bonds. The lowest BCUT2D eigenvalue weighted by Gasteiger charge is -2.35. The summed E-state index contributed by atoms with van der Waals surface area (Å²) >= 11 is 0. The minimum atomic E-state index is -1.09. The normalized spacial score (nSPS) is 20.0. The zero-order chi connectivity index (χ0) is 13.4. The maximum Gasteiger partial charge on any atom is 0.326 e. The lowest BCUT2D eigenvalue weighted by Crippen LogP contribution is -2.51. The van der Waals surface area contributed by atoms with Gasteiger partial charge in [-0.3, -0.25) is 9.69 Å². The fraction of sp³-hybridized carbons (Fsp3) is 0.333. The maximum absolute atomic E-state index is 12.1. The molecule has 0 aromatic heterocycles. The molecule has 1 aromatic carbocycles. The Balaban J connectivity index is 2.58. The van der Waals surface area contributed by atoms with Gasteiger partial charge in [0.15, 0.2) is 6.10 Å². The number of ether oxygens (including phenoxy) is 1. The Bertz CT molecular complexity index is 515. The van der Waals surface area contributed by atoms with E-state index in [-0.39, 0.29) is 0 Å². The van der Waals surface area contributed by atoms with Crippen molar-refractivity contribution in [1.29, 1.82) is 0 Å². The highest BCUT2D eigenvalue weighted by Crippen LogP contribution is 2.39. The van der Waals surface area contributed by atoms with Gasteiger partial charge in [-0.1, -0.05) is 6.07 Å². The number of carbonyl (C=O) groups is 2. The summed E-state index contributed by atoms with van der Waals surface area (Å²) in [7, 11) is 0. The van der Waals surface area contributed by atoms with Crippen molar-refractivity contribution in [3.8, 4) is 5.75 Å². The molecule has 1 aliphatic rings. The summed E-state index contributed by atoms with van der Waals surface area (Å²) in [4.78, 5) is 24.3. The highest BCUT2D eigenvalue weighted by Gasteiger charge is 2.38. The number of amides is 1. The second-order valence-electron chi connectivity index (χ2n) is 4.18. The SMILES string of the molecule is CC1Oc2cccc(N)c2N(C(C)C(=O)O)C1=O. The van der Waals surface area contributed by atoms with Crippen molar-refractivity contribution in [1.82, 2.24) is 0 Å². The van der Waals surface area contributed by atoms with E-state index in [1.165, 1.54) is 11.8 Å². The molecule has 0 saturated heterocycles. The third kappa shape index (κ3) is 1.75. The van der Waals surface area contributed by atoms with E-state index in [9.17, 15) is 9.59 Å². The van der Waals surface area contributed by atoms with E-state index in [2.05, 4.69) is 0 Å². The van der Waals surface area contributed by atoms with E-state index in [0.29, 0.717) is 17.1 Å². The molecule has 1 heterocycles. The number of hydrogen-bond donors (Lipinski definition) is 2. The first-order valence-electron chi connectivity index (χ1n) is 5.54. The van der Waals surface area contributed by atoms with Crippen molar-refractivity contribution in [2.24, 2.45) is 0 Å². The van der Waals surface area contributed by atoms with Crippen LogP contribution in [0.15, 0.2) is 18.2 Å². The van der Waals surface area contributed by atoms with Gasteiger partial charge < -0.3 is 15.6 Å². The minimum absolute atomic E-state index is 0.320. The van der Waals surface area contributed by atoms with E-state index in [1.807, 2.05) is 0 Å². The highest BCUT2D eigenvalue weighted by atomic mass is 16.5. The summed E-state index contributed by atoms with van der Waals surface area (Å²) in [6, 6.07) is 3.97. The Labute approximate surface area is 104 Å². The zero-order valence-corrected chi connectivity index (χ0v) is 10.1. The quantitative estimate of drug-likeness (QED) is 0.759. The molecule has 2 rings (SSSR count). The molecule has 1 aliphatic heterocycles. The van der Waals surface area contributed by atoms with E-state index in [1.54, 1.807) is 25.1 Å². The van der Waals surface area contributed by atoms with Gasteiger partial charge in [0.1, 0.15) is 17.5 Å². The number of nitrogens with zero attached hydrogens (tertiary/aromatic N) is 1. The molecule has 18 heavy (non-hydrogen) atoms. The number of carbonyl (C=O) groups excluding carboxylic acids is 1. The van der Waals surface area contributed by atoms with Crippen LogP contribution in [0.3, 0.4) is 0 Å². The Morgan fingerprint density at radius 1 is 1.56 bits per heavy atom. The summed E-state index contributed by atoms with van der Waals surface area (Å²) in [5.41, 5.74) is 6.46. The Hall–Kier alpha value is -2.24. The number of carboxylic acids is 1. The first-order chi connectivity index (χ1) is 8.43. The smallest absolute Gasteiger partial charge is 0.326 e. The number of nitrogen functional groups attached to an aromatic ring is 1. The number of hydrogen-bond acceptors (Lipinski definition) is 4. The van der Waals surface area contributed by atoms with Gasteiger partial charge in [-0.05, 0) is 26.0 Å². The molecule has 2 atom stereocenters. The van der Waals surface area contributed by atoms with Crippen LogP contribution in [0.25, 0.3) is 0 Å². The zero-order valence-electron chi connectivity index (χ0n) is 10.1. The molecule has 6 nitrogen and oxygen atoms in total. The van der Waals surface area contributed by atoms with Crippen molar-refractivity contribution >= 4 is 23.3 Å². The van der Waals surface area contributed by atoms with Gasteiger partial charge in [0.2, 0.25) is 0 Å². The van der Waals surface area contributed by atoms with Crippen LogP contribution >= 0.6 is 0 Å². The first-order valence-corrected chi connectivity index (χ1v) is 5.54. The van der Waals surface area contributed by atoms with Crippen molar-refractivity contribution < 1.29 is 19.4 Å². The van der Waals surface area contributed by atoms with Crippen molar-refractivity contribution in [2.45, 2.75) is 26.0 Å². The molecule has 0 fully saturated rings. The molecule has 0 radical (unpaired) electrons. The maximum atomic E-state index is 12.1. The minimum Gasteiger partial charge on any atom is -0.480 e. The van der Waals surface area contributed by atoms with E-state index < -0.39 is 24.0 Å². The molecule has 0 spiro atoms. The lowest BCUT2D eigenvalue weighted by molar-refractivity contribution is -0.140. The second kappa shape index (κ2) is 4.21. The topological polar surface area (TPSA) is 92.9 Å². The Morgan fingerprint density at radius 2 is 2.22 bits per heavy atom. The fourth-order valence-corrected chi connectivity index (χ4v) is 1.93. The molecule has 0 aliphatic carbocycles. The Morgan fingerprint density at radius 3 is 2.83 bits per heavy atom. The van der Waals surface area contributed by atoms with Gasteiger partial charge >= 0.3 is 5.97 Å². The number of anilines is 2. The number of para-hydroxylation sites is 1. The number of aliphatic carboxylic acids is 1. The van der Waals surface area contributed by atoms with Crippen LogP contribution in [0.2, 0.25) is 0 Å². The average molecular weight is 250 g/mol. The van der Waals surface area contributed by atoms with Crippen molar-refractivity contribution in [3.05, 3.63) is 18.2 Å². The lowest BCUT2D eigenvalue weighted by atomic mass is 10.1. The molecule has 0 saturated carbocycles. The average Bonchev–Trinajstić information content (AvgIpc) is 2.31. The molecular weight excluding hydrogens is 236 g/mol. The second-order valence-corrected chi connectivity index (χ2v) is 4.18.